The first-order chi connectivity index (χ1) is 10.8. The van der Waals surface area contributed by atoms with Gasteiger partial charge in [-0.2, -0.15) is 0 Å². The highest BCUT2D eigenvalue weighted by atomic mass is 16.5. The Morgan fingerprint density at radius 2 is 2.05 bits per heavy atom. The van der Waals surface area contributed by atoms with E-state index in [2.05, 4.69) is 29.2 Å². The second-order valence-corrected chi connectivity index (χ2v) is 5.35. The Labute approximate surface area is 132 Å². The zero-order valence-corrected chi connectivity index (χ0v) is 13.2. The number of benzene rings is 1. The molecule has 4 heteroatoms. The van der Waals surface area contributed by atoms with Gasteiger partial charge in [0.15, 0.2) is 0 Å². The standard InChI is InChI=1S/C18H25NO3/c1-2-22-18(20)11-10-17(19-12-14-21-15-13-19)9-8-16-6-4-3-5-7-16/h3-7,10-11,17H,2,8-9,12-15H2,1H3/b11-10+. The largest absolute Gasteiger partial charge is 0.463 e. The van der Waals surface area contributed by atoms with Crippen LogP contribution >= 0.6 is 0 Å². The van der Waals surface area contributed by atoms with E-state index in [-0.39, 0.29) is 12.0 Å². The van der Waals surface area contributed by atoms with Gasteiger partial charge < -0.3 is 9.47 Å². The molecule has 2 rings (SSSR count). The minimum Gasteiger partial charge on any atom is -0.463 e. The molecule has 1 aromatic rings. The van der Waals surface area contributed by atoms with E-state index in [1.165, 1.54) is 5.56 Å². The number of aryl methyl sites for hydroxylation is 1. The van der Waals surface area contributed by atoms with E-state index < -0.39 is 0 Å². The van der Waals surface area contributed by atoms with Gasteiger partial charge in [0.25, 0.3) is 0 Å². The van der Waals surface area contributed by atoms with E-state index in [1.807, 2.05) is 19.1 Å². The Kier molecular flexibility index (Phi) is 7.13. The lowest BCUT2D eigenvalue weighted by Crippen LogP contribution is -2.43. The number of nitrogens with zero attached hydrogens (tertiary/aromatic N) is 1. The number of hydrogen-bond acceptors (Lipinski definition) is 4. The molecule has 1 heterocycles. The molecule has 1 aliphatic heterocycles. The molecule has 1 fully saturated rings. The molecule has 0 amide bonds. The Morgan fingerprint density at radius 1 is 1.32 bits per heavy atom. The lowest BCUT2D eigenvalue weighted by molar-refractivity contribution is -0.137. The molecule has 1 aliphatic rings. The van der Waals surface area contributed by atoms with Crippen LogP contribution in [0.25, 0.3) is 0 Å². The molecule has 0 saturated carbocycles. The van der Waals surface area contributed by atoms with E-state index >= 15 is 0 Å². The summed E-state index contributed by atoms with van der Waals surface area (Å²) in [5, 5.41) is 0. The fourth-order valence-corrected chi connectivity index (χ4v) is 2.65. The highest BCUT2D eigenvalue weighted by molar-refractivity contribution is 5.81. The van der Waals surface area contributed by atoms with Crippen LogP contribution in [0.3, 0.4) is 0 Å². The molecule has 1 aromatic carbocycles. The predicted octanol–water partition coefficient (Wildman–Crippen LogP) is 2.44. The fourth-order valence-electron chi connectivity index (χ4n) is 2.65. The van der Waals surface area contributed by atoms with Gasteiger partial charge in [-0.3, -0.25) is 4.90 Å². The SMILES string of the molecule is CCOC(=O)/C=C/C(CCc1ccccc1)N1CCOCC1. The van der Waals surface area contributed by atoms with Crippen molar-refractivity contribution in [3.8, 4) is 0 Å². The quantitative estimate of drug-likeness (QED) is 0.573. The smallest absolute Gasteiger partial charge is 0.330 e. The molecule has 0 bridgehead atoms. The molecule has 4 nitrogen and oxygen atoms in total. The van der Waals surface area contributed by atoms with Crippen molar-refractivity contribution in [2.45, 2.75) is 25.8 Å². The first kappa shape index (κ1) is 16.7. The number of esters is 1. The molecule has 0 aromatic heterocycles. The van der Waals surface area contributed by atoms with Crippen LogP contribution in [-0.2, 0) is 20.7 Å². The van der Waals surface area contributed by atoms with Crippen LogP contribution < -0.4 is 0 Å². The van der Waals surface area contributed by atoms with Crippen LogP contribution in [0.2, 0.25) is 0 Å². The van der Waals surface area contributed by atoms with E-state index in [1.54, 1.807) is 6.08 Å². The minimum absolute atomic E-state index is 0.244. The highest BCUT2D eigenvalue weighted by Crippen LogP contribution is 2.13. The summed E-state index contributed by atoms with van der Waals surface area (Å²) in [6, 6.07) is 10.7. The van der Waals surface area contributed by atoms with Crippen molar-refractivity contribution in [1.29, 1.82) is 0 Å². The number of rotatable bonds is 7. The van der Waals surface area contributed by atoms with Crippen LogP contribution in [0.1, 0.15) is 18.9 Å². The molecule has 120 valence electrons. The maximum atomic E-state index is 11.6. The maximum Gasteiger partial charge on any atom is 0.330 e. The predicted molar refractivity (Wildman–Crippen MR) is 86.7 cm³/mol. The summed E-state index contributed by atoms with van der Waals surface area (Å²) in [5.74, 6) is -0.263. The lowest BCUT2D eigenvalue weighted by atomic mass is 10.0. The van der Waals surface area contributed by atoms with Crippen molar-refractivity contribution in [1.82, 2.24) is 4.90 Å². The summed E-state index contributed by atoms with van der Waals surface area (Å²) in [6.45, 7) is 5.57. The van der Waals surface area contributed by atoms with Crippen molar-refractivity contribution in [3.05, 3.63) is 48.0 Å². The fraction of sp³-hybridized carbons (Fsp3) is 0.500. The first-order valence-electron chi connectivity index (χ1n) is 8.00. The summed E-state index contributed by atoms with van der Waals surface area (Å²) in [5.41, 5.74) is 1.32. The third kappa shape index (κ3) is 5.62. The molecule has 1 unspecified atom stereocenters. The van der Waals surface area contributed by atoms with Gasteiger partial charge in [-0.25, -0.2) is 4.79 Å². The van der Waals surface area contributed by atoms with Gasteiger partial charge in [0.1, 0.15) is 0 Å². The molecule has 1 atom stereocenters. The Morgan fingerprint density at radius 3 is 2.73 bits per heavy atom. The normalized spacial score (nSPS) is 17.5. The summed E-state index contributed by atoms with van der Waals surface area (Å²) < 4.78 is 10.4. The van der Waals surface area contributed by atoms with Gasteiger partial charge in [0.05, 0.1) is 19.8 Å². The zero-order chi connectivity index (χ0) is 15.6. The van der Waals surface area contributed by atoms with Gasteiger partial charge in [0, 0.05) is 25.2 Å². The van der Waals surface area contributed by atoms with Gasteiger partial charge in [-0.15, -0.1) is 0 Å². The molecule has 22 heavy (non-hydrogen) atoms. The van der Waals surface area contributed by atoms with E-state index in [4.69, 9.17) is 9.47 Å². The van der Waals surface area contributed by atoms with Gasteiger partial charge in [0.2, 0.25) is 0 Å². The summed E-state index contributed by atoms with van der Waals surface area (Å²) in [4.78, 5) is 13.9. The molecule has 0 spiro atoms. The minimum atomic E-state index is -0.263. The molecular formula is C18H25NO3. The van der Waals surface area contributed by atoms with Crippen LogP contribution in [0, 0.1) is 0 Å². The summed E-state index contributed by atoms with van der Waals surface area (Å²) >= 11 is 0. The van der Waals surface area contributed by atoms with Crippen LogP contribution in [-0.4, -0.2) is 49.8 Å². The lowest BCUT2D eigenvalue weighted by Gasteiger charge is -2.32. The van der Waals surface area contributed by atoms with Crippen LogP contribution in [0.5, 0.6) is 0 Å². The highest BCUT2D eigenvalue weighted by Gasteiger charge is 2.19. The second kappa shape index (κ2) is 9.38. The third-order valence-corrected chi connectivity index (χ3v) is 3.83. The number of carbonyl (C=O) groups is 1. The van der Waals surface area contributed by atoms with Gasteiger partial charge >= 0.3 is 5.97 Å². The first-order valence-corrected chi connectivity index (χ1v) is 8.00. The summed E-state index contributed by atoms with van der Waals surface area (Å²) in [7, 11) is 0. The number of carbonyl (C=O) groups excluding carboxylic acids is 1. The molecule has 0 aliphatic carbocycles. The Balaban J connectivity index is 1.95. The monoisotopic (exact) mass is 303 g/mol. The molecule has 0 N–H and O–H groups in total. The number of morpholine rings is 1. The third-order valence-electron chi connectivity index (χ3n) is 3.83. The number of ether oxygens (including phenoxy) is 2. The van der Waals surface area contributed by atoms with Crippen LogP contribution in [0.4, 0.5) is 0 Å². The Bertz CT molecular complexity index is 466. The molecule has 0 radical (unpaired) electrons. The molecule has 1 saturated heterocycles. The second-order valence-electron chi connectivity index (χ2n) is 5.35. The van der Waals surface area contributed by atoms with E-state index in [0.717, 1.165) is 39.1 Å². The zero-order valence-electron chi connectivity index (χ0n) is 13.2. The van der Waals surface area contributed by atoms with Gasteiger partial charge in [-0.05, 0) is 25.3 Å². The summed E-state index contributed by atoms with van der Waals surface area (Å²) in [6.07, 6.45) is 5.52. The average molecular weight is 303 g/mol. The van der Waals surface area contributed by atoms with Crippen molar-refractivity contribution < 1.29 is 14.3 Å². The topological polar surface area (TPSA) is 38.8 Å². The van der Waals surface area contributed by atoms with Crippen molar-refractivity contribution in [3.63, 3.8) is 0 Å². The number of hydrogen-bond donors (Lipinski definition) is 0. The average Bonchev–Trinajstić information content (AvgIpc) is 2.57. The maximum absolute atomic E-state index is 11.6. The Hall–Kier alpha value is -1.65. The van der Waals surface area contributed by atoms with E-state index in [0.29, 0.717) is 6.61 Å². The van der Waals surface area contributed by atoms with Crippen molar-refractivity contribution >= 4 is 5.97 Å². The van der Waals surface area contributed by atoms with Crippen LogP contribution in [0.15, 0.2) is 42.5 Å². The van der Waals surface area contributed by atoms with Gasteiger partial charge in [-0.1, -0.05) is 36.4 Å². The molecular weight excluding hydrogens is 278 g/mol. The van der Waals surface area contributed by atoms with E-state index in [9.17, 15) is 4.79 Å². The van der Waals surface area contributed by atoms with Crippen molar-refractivity contribution in [2.75, 3.05) is 32.9 Å². The van der Waals surface area contributed by atoms with Crippen molar-refractivity contribution in [2.24, 2.45) is 0 Å².